The predicted molar refractivity (Wildman–Crippen MR) is 124 cm³/mol. The van der Waals surface area contributed by atoms with Gasteiger partial charge in [-0.3, -0.25) is 9.59 Å². The van der Waals surface area contributed by atoms with Gasteiger partial charge in [0.05, 0.1) is 19.9 Å². The second-order valence-corrected chi connectivity index (χ2v) is 9.86. The van der Waals surface area contributed by atoms with Crippen LogP contribution >= 0.6 is 0 Å². The van der Waals surface area contributed by atoms with Crippen molar-refractivity contribution in [1.29, 1.82) is 0 Å². The Labute approximate surface area is 190 Å². The molecule has 8 nitrogen and oxygen atoms in total. The standard InChI is InChI=1S/C23H31N3O5S/c1-17-6-8-19(9-7-17)14-24-23(28)18(2)26(22(27)16-25(3)32(5,29)30)15-20-10-12-21(31-4)13-11-20/h6-13,18H,14-16H2,1-5H3,(H,24,28)/t18-/m1/s1. The van der Waals surface area contributed by atoms with Gasteiger partial charge in [0.25, 0.3) is 0 Å². The summed E-state index contributed by atoms with van der Waals surface area (Å²) in [6, 6.07) is 14.1. The third-order valence-corrected chi connectivity index (χ3v) is 6.45. The summed E-state index contributed by atoms with van der Waals surface area (Å²) < 4.78 is 29.7. The molecule has 0 saturated heterocycles. The van der Waals surface area contributed by atoms with Gasteiger partial charge in [-0.15, -0.1) is 0 Å². The highest BCUT2D eigenvalue weighted by Gasteiger charge is 2.28. The lowest BCUT2D eigenvalue weighted by Gasteiger charge is -2.30. The molecule has 0 radical (unpaired) electrons. The number of ether oxygens (including phenoxy) is 1. The second kappa shape index (κ2) is 11.1. The summed E-state index contributed by atoms with van der Waals surface area (Å²) in [5.74, 6) is -0.117. The van der Waals surface area contributed by atoms with Crippen LogP contribution in [-0.4, -0.2) is 62.4 Å². The number of carbonyl (C=O) groups excluding carboxylic acids is 2. The van der Waals surface area contributed by atoms with Gasteiger partial charge in [0, 0.05) is 20.1 Å². The zero-order valence-corrected chi connectivity index (χ0v) is 20.0. The first-order valence-corrected chi connectivity index (χ1v) is 12.0. The number of benzene rings is 2. The average Bonchev–Trinajstić information content (AvgIpc) is 2.76. The van der Waals surface area contributed by atoms with Gasteiger partial charge in [-0.2, -0.15) is 4.31 Å². The van der Waals surface area contributed by atoms with Gasteiger partial charge in [-0.25, -0.2) is 8.42 Å². The van der Waals surface area contributed by atoms with Crippen molar-refractivity contribution >= 4 is 21.8 Å². The van der Waals surface area contributed by atoms with Gasteiger partial charge < -0.3 is 15.0 Å². The van der Waals surface area contributed by atoms with E-state index in [1.54, 1.807) is 38.3 Å². The van der Waals surface area contributed by atoms with Crippen molar-refractivity contribution in [3.8, 4) is 5.75 Å². The smallest absolute Gasteiger partial charge is 0.242 e. The highest BCUT2D eigenvalue weighted by atomic mass is 32.2. The molecule has 2 amide bonds. The van der Waals surface area contributed by atoms with Crippen molar-refractivity contribution in [3.05, 3.63) is 65.2 Å². The summed E-state index contributed by atoms with van der Waals surface area (Å²) in [7, 11) is -0.644. The molecule has 0 unspecified atom stereocenters. The molecule has 0 spiro atoms. The highest BCUT2D eigenvalue weighted by molar-refractivity contribution is 7.88. The van der Waals surface area contributed by atoms with Crippen LogP contribution in [0, 0.1) is 6.92 Å². The van der Waals surface area contributed by atoms with Crippen LogP contribution in [0.3, 0.4) is 0 Å². The van der Waals surface area contributed by atoms with Crippen LogP contribution in [-0.2, 0) is 32.7 Å². The Morgan fingerprint density at radius 2 is 1.59 bits per heavy atom. The first-order valence-electron chi connectivity index (χ1n) is 10.2. The fourth-order valence-corrected chi connectivity index (χ4v) is 3.30. The Morgan fingerprint density at radius 3 is 2.12 bits per heavy atom. The Morgan fingerprint density at radius 1 is 1.03 bits per heavy atom. The molecule has 1 atom stereocenters. The molecule has 0 aromatic heterocycles. The third-order valence-electron chi connectivity index (χ3n) is 5.19. The largest absolute Gasteiger partial charge is 0.497 e. The molecular formula is C23H31N3O5S. The molecule has 0 aliphatic heterocycles. The number of carbonyl (C=O) groups is 2. The maximum Gasteiger partial charge on any atom is 0.242 e. The van der Waals surface area contributed by atoms with E-state index in [2.05, 4.69) is 5.32 Å². The number of likely N-dealkylation sites (N-methyl/N-ethyl adjacent to an activating group) is 1. The van der Waals surface area contributed by atoms with Gasteiger partial charge in [-0.1, -0.05) is 42.0 Å². The van der Waals surface area contributed by atoms with E-state index in [1.807, 2.05) is 31.2 Å². The molecule has 2 aromatic rings. The van der Waals surface area contributed by atoms with E-state index >= 15 is 0 Å². The van der Waals surface area contributed by atoms with Crippen LogP contribution in [0.15, 0.2) is 48.5 Å². The summed E-state index contributed by atoms with van der Waals surface area (Å²) in [6.45, 7) is 3.74. The molecule has 2 aromatic carbocycles. The number of amides is 2. The SMILES string of the molecule is COc1ccc(CN(C(=O)CN(C)S(C)(=O)=O)[C@H](C)C(=O)NCc2ccc(C)cc2)cc1. The molecule has 0 aliphatic rings. The van der Waals surface area contributed by atoms with Crippen LogP contribution in [0.4, 0.5) is 0 Å². The molecule has 0 heterocycles. The topological polar surface area (TPSA) is 96.0 Å². The maximum absolute atomic E-state index is 13.0. The third kappa shape index (κ3) is 7.35. The summed E-state index contributed by atoms with van der Waals surface area (Å²) in [5, 5.41) is 2.86. The number of sulfonamides is 1. The zero-order valence-electron chi connectivity index (χ0n) is 19.2. The molecule has 32 heavy (non-hydrogen) atoms. The lowest BCUT2D eigenvalue weighted by molar-refractivity contribution is -0.140. The number of hydrogen-bond acceptors (Lipinski definition) is 5. The Balaban J connectivity index is 2.17. The number of nitrogens with one attached hydrogen (secondary N) is 1. The van der Waals surface area contributed by atoms with Crippen molar-refractivity contribution in [3.63, 3.8) is 0 Å². The molecular weight excluding hydrogens is 430 g/mol. The minimum absolute atomic E-state index is 0.152. The lowest BCUT2D eigenvalue weighted by atomic mass is 10.1. The monoisotopic (exact) mass is 461 g/mol. The van der Waals surface area contributed by atoms with E-state index in [0.29, 0.717) is 12.3 Å². The number of rotatable bonds is 10. The van der Waals surface area contributed by atoms with E-state index in [4.69, 9.17) is 4.74 Å². The number of hydrogen-bond donors (Lipinski definition) is 1. The van der Waals surface area contributed by atoms with Gasteiger partial charge in [0.15, 0.2) is 0 Å². The summed E-state index contributed by atoms with van der Waals surface area (Å²) in [6.07, 6.45) is 1.03. The Kier molecular flexibility index (Phi) is 8.80. The van der Waals surface area contributed by atoms with Crippen molar-refractivity contribution in [2.75, 3.05) is 27.0 Å². The number of methoxy groups -OCH3 is 1. The van der Waals surface area contributed by atoms with E-state index < -0.39 is 22.0 Å². The lowest BCUT2D eigenvalue weighted by Crippen LogP contribution is -2.50. The van der Waals surface area contributed by atoms with Gasteiger partial charge in [0.2, 0.25) is 21.8 Å². The molecule has 0 bridgehead atoms. The highest BCUT2D eigenvalue weighted by Crippen LogP contribution is 2.15. The molecule has 2 rings (SSSR count). The summed E-state index contributed by atoms with van der Waals surface area (Å²) in [4.78, 5) is 27.2. The fraction of sp³-hybridized carbons (Fsp3) is 0.391. The van der Waals surface area contributed by atoms with Crippen molar-refractivity contribution < 1.29 is 22.7 Å². The predicted octanol–water partition coefficient (Wildman–Crippen LogP) is 1.93. The normalized spacial score (nSPS) is 12.3. The van der Waals surface area contributed by atoms with Crippen LogP contribution in [0.1, 0.15) is 23.6 Å². The average molecular weight is 462 g/mol. The van der Waals surface area contributed by atoms with E-state index in [1.165, 1.54) is 11.9 Å². The number of aryl methyl sites for hydroxylation is 1. The first kappa shape index (κ1) is 25.4. The van der Waals surface area contributed by atoms with Crippen LogP contribution < -0.4 is 10.1 Å². The zero-order chi connectivity index (χ0) is 23.9. The van der Waals surface area contributed by atoms with Gasteiger partial charge >= 0.3 is 0 Å². The minimum Gasteiger partial charge on any atom is -0.497 e. The van der Waals surface area contributed by atoms with Crippen LogP contribution in [0.5, 0.6) is 5.75 Å². The molecule has 1 N–H and O–H groups in total. The van der Waals surface area contributed by atoms with Crippen LogP contribution in [0.2, 0.25) is 0 Å². The van der Waals surface area contributed by atoms with Crippen molar-refractivity contribution in [2.24, 2.45) is 0 Å². The summed E-state index contributed by atoms with van der Waals surface area (Å²) in [5.41, 5.74) is 2.86. The van der Waals surface area contributed by atoms with E-state index in [0.717, 1.165) is 27.3 Å². The van der Waals surface area contributed by atoms with Gasteiger partial charge in [0.1, 0.15) is 11.8 Å². The van der Waals surface area contributed by atoms with Crippen molar-refractivity contribution in [2.45, 2.75) is 33.0 Å². The van der Waals surface area contributed by atoms with Crippen LogP contribution in [0.25, 0.3) is 0 Å². The summed E-state index contributed by atoms with van der Waals surface area (Å²) >= 11 is 0. The second-order valence-electron chi connectivity index (χ2n) is 7.77. The fourth-order valence-electron chi connectivity index (χ4n) is 2.95. The molecule has 0 saturated carbocycles. The van der Waals surface area contributed by atoms with E-state index in [-0.39, 0.29) is 19.0 Å². The Hall–Kier alpha value is -2.91. The van der Waals surface area contributed by atoms with Crippen molar-refractivity contribution in [1.82, 2.24) is 14.5 Å². The minimum atomic E-state index is -3.54. The number of nitrogens with zero attached hydrogens (tertiary/aromatic N) is 2. The molecule has 9 heteroatoms. The molecule has 174 valence electrons. The molecule has 0 aliphatic carbocycles. The quantitative estimate of drug-likeness (QED) is 0.583. The Bertz CT molecular complexity index is 1020. The maximum atomic E-state index is 13.0. The molecule has 0 fully saturated rings. The van der Waals surface area contributed by atoms with Gasteiger partial charge in [-0.05, 0) is 37.1 Å². The van der Waals surface area contributed by atoms with E-state index in [9.17, 15) is 18.0 Å². The first-order chi connectivity index (χ1) is 15.0.